The number of rotatable bonds is 5. The Labute approximate surface area is 114 Å². The highest BCUT2D eigenvalue weighted by atomic mass is 16.5. The summed E-state index contributed by atoms with van der Waals surface area (Å²) in [7, 11) is 1.69. The molecule has 0 spiro atoms. The normalized spacial score (nSPS) is 12.2. The molecule has 1 N–H and O–H groups in total. The molecule has 0 saturated heterocycles. The number of pyridine rings is 1. The molecule has 0 aliphatic carbocycles. The lowest BCUT2D eigenvalue weighted by Crippen LogP contribution is -2.22. The van der Waals surface area contributed by atoms with Crippen molar-refractivity contribution in [3.63, 3.8) is 0 Å². The summed E-state index contributed by atoms with van der Waals surface area (Å²) in [5, 5.41) is 3.50. The van der Waals surface area contributed by atoms with Gasteiger partial charge in [-0.15, -0.1) is 0 Å². The Bertz CT molecular complexity index is 540. The summed E-state index contributed by atoms with van der Waals surface area (Å²) in [6.07, 6.45) is 3.79. The van der Waals surface area contributed by atoms with Crippen LogP contribution in [0, 0.1) is 6.92 Å². The van der Waals surface area contributed by atoms with E-state index in [4.69, 9.17) is 4.74 Å². The second kappa shape index (κ2) is 6.34. The molecule has 3 heteroatoms. The van der Waals surface area contributed by atoms with Crippen LogP contribution >= 0.6 is 0 Å². The third kappa shape index (κ3) is 3.32. The Morgan fingerprint density at radius 1 is 1.21 bits per heavy atom. The molecular formula is C16H20N2O. The van der Waals surface area contributed by atoms with Gasteiger partial charge < -0.3 is 10.1 Å². The average Bonchev–Trinajstić information content (AvgIpc) is 2.45. The van der Waals surface area contributed by atoms with Gasteiger partial charge in [0.1, 0.15) is 5.75 Å². The van der Waals surface area contributed by atoms with E-state index >= 15 is 0 Å². The molecule has 0 aliphatic heterocycles. The third-order valence-corrected chi connectivity index (χ3v) is 3.06. The highest BCUT2D eigenvalue weighted by Crippen LogP contribution is 2.25. The molecule has 2 aromatic rings. The zero-order valence-electron chi connectivity index (χ0n) is 11.7. The summed E-state index contributed by atoms with van der Waals surface area (Å²) in [4.78, 5) is 4.28. The van der Waals surface area contributed by atoms with Crippen LogP contribution in [0.3, 0.4) is 0 Å². The van der Waals surface area contributed by atoms with Gasteiger partial charge in [-0.1, -0.05) is 25.1 Å². The van der Waals surface area contributed by atoms with Gasteiger partial charge in [0.2, 0.25) is 0 Å². The summed E-state index contributed by atoms with van der Waals surface area (Å²) in [6.45, 7) is 5.07. The summed E-state index contributed by atoms with van der Waals surface area (Å²) >= 11 is 0. The fraction of sp³-hybridized carbons (Fsp3) is 0.312. The molecule has 1 aromatic heterocycles. The zero-order chi connectivity index (χ0) is 13.7. The van der Waals surface area contributed by atoms with Crippen molar-refractivity contribution in [1.29, 1.82) is 0 Å². The fourth-order valence-corrected chi connectivity index (χ4v) is 2.19. The number of aromatic nitrogens is 1. The predicted octanol–water partition coefficient (Wildman–Crippen LogP) is 3.10. The van der Waals surface area contributed by atoms with Crippen molar-refractivity contribution in [2.24, 2.45) is 0 Å². The number of nitrogens with one attached hydrogen (secondary N) is 1. The number of hydrogen-bond donors (Lipinski definition) is 1. The van der Waals surface area contributed by atoms with Gasteiger partial charge >= 0.3 is 0 Å². The van der Waals surface area contributed by atoms with Gasteiger partial charge in [-0.2, -0.15) is 0 Å². The van der Waals surface area contributed by atoms with Crippen LogP contribution in [-0.2, 0) is 0 Å². The molecule has 0 radical (unpaired) electrons. The maximum Gasteiger partial charge on any atom is 0.119 e. The minimum atomic E-state index is 0.146. The van der Waals surface area contributed by atoms with Gasteiger partial charge in [0, 0.05) is 12.4 Å². The quantitative estimate of drug-likeness (QED) is 0.892. The van der Waals surface area contributed by atoms with Crippen molar-refractivity contribution < 1.29 is 4.74 Å². The Balaban J connectivity index is 2.38. The smallest absolute Gasteiger partial charge is 0.119 e. The first kappa shape index (κ1) is 13.6. The van der Waals surface area contributed by atoms with Crippen molar-refractivity contribution >= 4 is 0 Å². The van der Waals surface area contributed by atoms with Gasteiger partial charge in [0.05, 0.1) is 13.2 Å². The Morgan fingerprint density at radius 3 is 2.74 bits per heavy atom. The van der Waals surface area contributed by atoms with Crippen molar-refractivity contribution in [1.82, 2.24) is 10.3 Å². The van der Waals surface area contributed by atoms with Crippen LogP contribution in [0.25, 0.3) is 0 Å². The van der Waals surface area contributed by atoms with Crippen LogP contribution in [-0.4, -0.2) is 18.6 Å². The molecule has 0 amide bonds. The Kier molecular flexibility index (Phi) is 4.53. The molecule has 3 nitrogen and oxygen atoms in total. The molecule has 0 aliphatic rings. The minimum Gasteiger partial charge on any atom is -0.497 e. The molecule has 0 fully saturated rings. The lowest BCUT2D eigenvalue weighted by atomic mass is 9.99. The maximum atomic E-state index is 5.30. The van der Waals surface area contributed by atoms with Crippen molar-refractivity contribution in [2.45, 2.75) is 19.9 Å². The molecule has 1 aromatic carbocycles. The first-order chi connectivity index (χ1) is 9.24. The van der Waals surface area contributed by atoms with E-state index in [0.717, 1.165) is 12.3 Å². The van der Waals surface area contributed by atoms with E-state index in [9.17, 15) is 0 Å². The Hall–Kier alpha value is -1.87. The van der Waals surface area contributed by atoms with Crippen LogP contribution in [0.1, 0.15) is 29.7 Å². The lowest BCUT2D eigenvalue weighted by molar-refractivity contribution is 0.413. The Morgan fingerprint density at radius 2 is 2.05 bits per heavy atom. The monoisotopic (exact) mass is 256 g/mol. The van der Waals surface area contributed by atoms with Crippen molar-refractivity contribution in [2.75, 3.05) is 13.7 Å². The summed E-state index contributed by atoms with van der Waals surface area (Å²) in [6, 6.07) is 10.5. The number of hydrogen-bond acceptors (Lipinski definition) is 3. The lowest BCUT2D eigenvalue weighted by Gasteiger charge is -2.19. The second-order valence-electron chi connectivity index (χ2n) is 4.56. The summed E-state index contributed by atoms with van der Waals surface area (Å²) in [5.74, 6) is 0.876. The van der Waals surface area contributed by atoms with Crippen LogP contribution in [0.2, 0.25) is 0 Å². The first-order valence-electron chi connectivity index (χ1n) is 6.53. The van der Waals surface area contributed by atoms with E-state index in [-0.39, 0.29) is 6.04 Å². The predicted molar refractivity (Wildman–Crippen MR) is 77.5 cm³/mol. The number of aryl methyl sites for hydroxylation is 1. The number of ether oxygens (including phenoxy) is 1. The fourth-order valence-electron chi connectivity index (χ4n) is 2.19. The zero-order valence-corrected chi connectivity index (χ0v) is 11.7. The average molecular weight is 256 g/mol. The van der Waals surface area contributed by atoms with E-state index in [0.29, 0.717) is 0 Å². The SMILES string of the molecule is CCNC(c1cncc(C)c1)c1cccc(OC)c1. The largest absolute Gasteiger partial charge is 0.497 e. The summed E-state index contributed by atoms with van der Waals surface area (Å²) in [5.41, 5.74) is 3.53. The third-order valence-electron chi connectivity index (χ3n) is 3.06. The molecule has 1 atom stereocenters. The van der Waals surface area contributed by atoms with E-state index < -0.39 is 0 Å². The van der Waals surface area contributed by atoms with Gasteiger partial charge in [-0.05, 0) is 42.3 Å². The topological polar surface area (TPSA) is 34.2 Å². The summed E-state index contributed by atoms with van der Waals surface area (Å²) < 4.78 is 5.30. The molecule has 2 rings (SSSR count). The molecule has 0 bridgehead atoms. The highest BCUT2D eigenvalue weighted by molar-refractivity contribution is 5.36. The van der Waals surface area contributed by atoms with E-state index in [1.807, 2.05) is 24.5 Å². The number of methoxy groups -OCH3 is 1. The van der Waals surface area contributed by atoms with Crippen LogP contribution in [0.5, 0.6) is 5.75 Å². The van der Waals surface area contributed by atoms with Crippen LogP contribution < -0.4 is 10.1 Å². The molecule has 1 heterocycles. The van der Waals surface area contributed by atoms with Gasteiger partial charge in [-0.3, -0.25) is 4.98 Å². The van der Waals surface area contributed by atoms with Gasteiger partial charge in [-0.25, -0.2) is 0 Å². The standard InChI is InChI=1S/C16H20N2O/c1-4-18-16(14-8-12(2)10-17-11-14)13-6-5-7-15(9-13)19-3/h5-11,16,18H,4H2,1-3H3. The maximum absolute atomic E-state index is 5.30. The van der Waals surface area contributed by atoms with E-state index in [2.05, 4.69) is 42.3 Å². The number of benzene rings is 1. The molecule has 19 heavy (non-hydrogen) atoms. The van der Waals surface area contributed by atoms with Crippen molar-refractivity contribution in [3.8, 4) is 5.75 Å². The highest BCUT2D eigenvalue weighted by Gasteiger charge is 2.14. The second-order valence-corrected chi connectivity index (χ2v) is 4.56. The van der Waals surface area contributed by atoms with Crippen LogP contribution in [0.4, 0.5) is 0 Å². The minimum absolute atomic E-state index is 0.146. The number of nitrogens with zero attached hydrogens (tertiary/aromatic N) is 1. The molecule has 100 valence electrons. The molecule has 0 saturated carbocycles. The van der Waals surface area contributed by atoms with E-state index in [1.54, 1.807) is 7.11 Å². The van der Waals surface area contributed by atoms with Crippen molar-refractivity contribution in [3.05, 3.63) is 59.4 Å². The first-order valence-corrected chi connectivity index (χ1v) is 6.53. The van der Waals surface area contributed by atoms with Gasteiger partial charge in [0.15, 0.2) is 0 Å². The molecular weight excluding hydrogens is 236 g/mol. The van der Waals surface area contributed by atoms with E-state index in [1.165, 1.54) is 16.7 Å². The van der Waals surface area contributed by atoms with Gasteiger partial charge in [0.25, 0.3) is 0 Å². The molecule has 1 unspecified atom stereocenters. The van der Waals surface area contributed by atoms with Crippen LogP contribution in [0.15, 0.2) is 42.7 Å².